The first kappa shape index (κ1) is 39.0. The van der Waals surface area contributed by atoms with Gasteiger partial charge in [0.25, 0.3) is 0 Å². The lowest BCUT2D eigenvalue weighted by Crippen LogP contribution is -2.33. The van der Waals surface area contributed by atoms with Crippen LogP contribution in [0.4, 0.5) is 38.3 Å². The summed E-state index contributed by atoms with van der Waals surface area (Å²) in [7, 11) is 1.80. The van der Waals surface area contributed by atoms with Gasteiger partial charge in [0.2, 0.25) is 5.91 Å². The zero-order chi connectivity index (χ0) is 40.2. The van der Waals surface area contributed by atoms with Gasteiger partial charge in [0, 0.05) is 77.6 Å². The highest BCUT2D eigenvalue weighted by Gasteiger charge is 2.31. The minimum atomic E-state index is -0.478. The van der Waals surface area contributed by atoms with Crippen LogP contribution in [0.25, 0.3) is 11.1 Å². The number of oxazole rings is 1. The smallest absolute Gasteiger partial charge is 0.417 e. The quantitative estimate of drug-likeness (QED) is 0.0780. The number of hydrogen-bond donors (Lipinski definition) is 7. The van der Waals surface area contributed by atoms with Crippen LogP contribution in [-0.4, -0.2) is 74.8 Å². The van der Waals surface area contributed by atoms with Crippen molar-refractivity contribution < 1.29 is 28.3 Å². The number of fused-ring (bicyclic) bond motifs is 2. The van der Waals surface area contributed by atoms with Gasteiger partial charge in [-0.1, -0.05) is 0 Å². The van der Waals surface area contributed by atoms with Crippen LogP contribution in [0.5, 0.6) is 0 Å². The maximum atomic E-state index is 11.8. The second-order valence-electron chi connectivity index (χ2n) is 15.5. The van der Waals surface area contributed by atoms with Crippen LogP contribution in [0.1, 0.15) is 95.0 Å². The number of aromatic amines is 3. The van der Waals surface area contributed by atoms with E-state index in [1.54, 1.807) is 24.1 Å². The number of hydrogen-bond acceptors (Lipinski definition) is 11. The molecule has 8 rings (SSSR count). The number of likely N-dealkylation sites (N-methyl/N-ethyl adjacent to an activating group) is 1. The van der Waals surface area contributed by atoms with Crippen LogP contribution in [0.2, 0.25) is 0 Å². The standard InChI is InChI=1S/C21H27N5O3.C19H23N5O4/c1-12(2)22-21(28)29-16-6-4-13(9-16)17-11-19(25-24-17)23-15-5-7-18-14(8-15)10-20(27)26(18)3;1-10(2)20-18(25)27-13-5-3-11(7-13)15-9-17(24-23-15)21-12-4-6-14-16(8-12)28-19(26)22-14/h5,7-8,11-13,16H,4,6,9-10H2,1-3H3,(H,22,28)(H2,23,24,25);4,6,8-11,13H,3,5,7H2,1-2H3,(H,20,25)(H,22,26)(H2,21,23,24)/t13-,16?;11-,13+/m00/s1. The molecule has 3 aromatic heterocycles. The summed E-state index contributed by atoms with van der Waals surface area (Å²) in [5.41, 5.74) is 6.84. The van der Waals surface area contributed by atoms with E-state index in [0.717, 1.165) is 78.4 Å². The third-order valence-corrected chi connectivity index (χ3v) is 10.3. The Morgan fingerprint density at radius 2 is 1.32 bits per heavy atom. The molecule has 17 heteroatoms. The highest BCUT2D eigenvalue weighted by Crippen LogP contribution is 2.38. The summed E-state index contributed by atoms with van der Waals surface area (Å²) in [4.78, 5) is 51.0. The number of H-pyrrole nitrogens is 3. The van der Waals surface area contributed by atoms with Crippen molar-refractivity contribution in [2.75, 3.05) is 22.6 Å². The average Bonchev–Trinajstić information content (AvgIpc) is 4.00. The maximum absolute atomic E-state index is 11.8. The summed E-state index contributed by atoms with van der Waals surface area (Å²) in [6.07, 6.45) is 4.71. The molecular formula is C40H50N10O7. The Balaban J connectivity index is 0.000000174. The van der Waals surface area contributed by atoms with Crippen molar-refractivity contribution in [2.24, 2.45) is 0 Å². The van der Waals surface area contributed by atoms with Crippen LogP contribution in [0.15, 0.2) is 57.7 Å². The van der Waals surface area contributed by atoms with Gasteiger partial charge >= 0.3 is 17.9 Å². The van der Waals surface area contributed by atoms with Gasteiger partial charge in [0.15, 0.2) is 17.2 Å². The number of aromatic nitrogens is 5. The molecule has 57 heavy (non-hydrogen) atoms. The Bertz CT molecular complexity index is 2270. The molecule has 2 fully saturated rings. The molecule has 17 nitrogen and oxygen atoms in total. The molecule has 0 radical (unpaired) electrons. The largest absolute Gasteiger partial charge is 0.446 e. The Morgan fingerprint density at radius 3 is 1.88 bits per heavy atom. The van der Waals surface area contributed by atoms with Gasteiger partial charge in [-0.25, -0.2) is 14.4 Å². The fourth-order valence-electron chi connectivity index (χ4n) is 7.59. The maximum Gasteiger partial charge on any atom is 0.417 e. The van der Waals surface area contributed by atoms with Crippen LogP contribution < -0.4 is 31.9 Å². The third-order valence-electron chi connectivity index (χ3n) is 10.3. The predicted octanol–water partition coefficient (Wildman–Crippen LogP) is 6.80. The molecule has 4 heterocycles. The van der Waals surface area contributed by atoms with Gasteiger partial charge in [0.05, 0.1) is 11.9 Å². The zero-order valence-corrected chi connectivity index (χ0v) is 32.7. The molecule has 1 unspecified atom stereocenters. The van der Waals surface area contributed by atoms with Gasteiger partial charge in [-0.3, -0.25) is 20.0 Å². The highest BCUT2D eigenvalue weighted by atomic mass is 16.6. The first-order chi connectivity index (χ1) is 27.3. The minimum Gasteiger partial charge on any atom is -0.446 e. The van der Waals surface area contributed by atoms with E-state index in [9.17, 15) is 19.2 Å². The van der Waals surface area contributed by atoms with Gasteiger partial charge in [0.1, 0.15) is 12.2 Å². The topological polar surface area (TPSA) is 224 Å². The first-order valence-electron chi connectivity index (χ1n) is 19.5. The van der Waals surface area contributed by atoms with Crippen LogP contribution in [0, 0.1) is 0 Å². The fraction of sp³-hybridized carbons (Fsp3) is 0.450. The molecule has 2 saturated carbocycles. The van der Waals surface area contributed by atoms with E-state index < -0.39 is 5.76 Å². The van der Waals surface area contributed by atoms with Crippen molar-refractivity contribution in [1.82, 2.24) is 36.0 Å². The molecule has 1 aliphatic heterocycles. The molecular weight excluding hydrogens is 733 g/mol. The Kier molecular flexibility index (Phi) is 11.5. The second kappa shape index (κ2) is 16.9. The molecule has 3 aliphatic rings. The summed E-state index contributed by atoms with van der Waals surface area (Å²) in [5, 5.41) is 26.9. The molecule has 302 valence electrons. The summed E-state index contributed by atoms with van der Waals surface area (Å²) >= 11 is 0. The van der Waals surface area contributed by atoms with Gasteiger partial charge in [-0.05, 0) is 102 Å². The van der Waals surface area contributed by atoms with E-state index in [2.05, 4.69) is 46.6 Å². The highest BCUT2D eigenvalue weighted by molar-refractivity contribution is 6.01. The molecule has 3 amide bonds. The summed E-state index contributed by atoms with van der Waals surface area (Å²) in [6, 6.07) is 15.4. The van der Waals surface area contributed by atoms with Gasteiger partial charge in [-0.2, -0.15) is 10.2 Å². The molecule has 2 aliphatic carbocycles. The number of alkyl carbamates (subject to hydrolysis) is 2. The molecule has 0 saturated heterocycles. The van der Waals surface area contributed by atoms with E-state index >= 15 is 0 Å². The van der Waals surface area contributed by atoms with Crippen molar-refractivity contribution >= 4 is 57.9 Å². The van der Waals surface area contributed by atoms with E-state index in [1.165, 1.54) is 0 Å². The molecule has 0 bridgehead atoms. The minimum absolute atomic E-state index is 0.0597. The number of ether oxygens (including phenoxy) is 2. The van der Waals surface area contributed by atoms with Gasteiger partial charge < -0.3 is 40.1 Å². The molecule has 0 spiro atoms. The Morgan fingerprint density at radius 1 is 0.772 bits per heavy atom. The number of amides is 3. The molecule has 2 aromatic carbocycles. The van der Waals surface area contributed by atoms with Crippen LogP contribution >= 0.6 is 0 Å². The lowest BCUT2D eigenvalue weighted by molar-refractivity contribution is -0.117. The zero-order valence-electron chi connectivity index (χ0n) is 32.7. The number of carbonyl (C=O) groups excluding carboxylic acids is 3. The van der Waals surface area contributed by atoms with E-state index in [-0.39, 0.29) is 48.3 Å². The van der Waals surface area contributed by atoms with Crippen molar-refractivity contribution in [3.05, 3.63) is 76.0 Å². The van der Waals surface area contributed by atoms with Gasteiger partial charge in [-0.15, -0.1) is 0 Å². The molecule has 7 N–H and O–H groups in total. The van der Waals surface area contributed by atoms with E-state index in [4.69, 9.17) is 13.9 Å². The van der Waals surface area contributed by atoms with Crippen LogP contribution in [0.3, 0.4) is 0 Å². The Labute approximate surface area is 329 Å². The number of benzene rings is 2. The van der Waals surface area contributed by atoms with Crippen LogP contribution in [-0.2, 0) is 20.7 Å². The van der Waals surface area contributed by atoms with Crippen molar-refractivity contribution in [3.63, 3.8) is 0 Å². The SMILES string of the molecule is CC(C)NC(=O)OC1CC[C@H](c2cc(Nc3ccc4c(c3)CC(=O)N4C)n[nH]2)C1.CC(C)NC(=O)O[C@@H]1CC[C@H](c2cc(Nc3ccc4[nH]c(=O)oc4c3)n[nH]2)C1. The average molecular weight is 783 g/mol. The first-order valence-corrected chi connectivity index (χ1v) is 19.5. The number of nitrogens with zero attached hydrogens (tertiary/aromatic N) is 3. The van der Waals surface area contributed by atoms with E-state index in [0.29, 0.717) is 29.3 Å². The summed E-state index contributed by atoms with van der Waals surface area (Å²) in [6.45, 7) is 7.63. The summed E-state index contributed by atoms with van der Waals surface area (Å²) in [5.74, 6) is 1.61. The van der Waals surface area contributed by atoms with Crippen molar-refractivity contribution in [1.29, 1.82) is 0 Å². The monoisotopic (exact) mass is 782 g/mol. The normalized spacial score (nSPS) is 20.1. The van der Waals surface area contributed by atoms with Crippen molar-refractivity contribution in [2.45, 2.75) is 109 Å². The number of rotatable bonds is 10. The summed E-state index contributed by atoms with van der Waals surface area (Å²) < 4.78 is 16.1. The van der Waals surface area contributed by atoms with E-state index in [1.807, 2.05) is 64.1 Å². The number of carbonyl (C=O) groups is 3. The van der Waals surface area contributed by atoms with Crippen molar-refractivity contribution in [3.8, 4) is 0 Å². The predicted molar refractivity (Wildman–Crippen MR) is 214 cm³/mol. The molecule has 5 aromatic rings. The fourth-order valence-corrected chi connectivity index (χ4v) is 7.59. The number of anilines is 5. The third kappa shape index (κ3) is 9.77. The second-order valence-corrected chi connectivity index (χ2v) is 15.5. The lowest BCUT2D eigenvalue weighted by Gasteiger charge is -2.14. The molecule has 4 atom stereocenters. The Hall–Kier alpha value is -6.26. The lowest BCUT2D eigenvalue weighted by atomic mass is 10.0. The number of nitrogens with one attached hydrogen (secondary N) is 7.